The van der Waals surface area contributed by atoms with Crippen LogP contribution in [0.2, 0.25) is 0 Å². The number of unbranched alkanes of at least 4 members (excludes halogenated alkanes) is 4. The summed E-state index contributed by atoms with van der Waals surface area (Å²) in [5.41, 5.74) is 0.461. The van der Waals surface area contributed by atoms with E-state index < -0.39 is 14.9 Å². The molecule has 1 aromatic carbocycles. The first-order valence-electron chi connectivity index (χ1n) is 8.81. The minimum Gasteiger partial charge on any atom is -0.339 e. The van der Waals surface area contributed by atoms with Crippen LogP contribution >= 0.6 is 47.0 Å². The predicted octanol–water partition coefficient (Wildman–Crippen LogP) is 5.05. The van der Waals surface area contributed by atoms with Gasteiger partial charge in [0.25, 0.3) is 5.69 Å². The van der Waals surface area contributed by atoms with Gasteiger partial charge in [0.15, 0.2) is 5.11 Å². The van der Waals surface area contributed by atoms with E-state index in [1.54, 1.807) is 0 Å². The maximum atomic E-state index is 12.1. The van der Waals surface area contributed by atoms with E-state index in [-0.39, 0.29) is 16.7 Å². The molecule has 7 nitrogen and oxygen atoms in total. The quantitative estimate of drug-likeness (QED) is 0.111. The monoisotopic (exact) mass is 468 g/mol. The summed E-state index contributed by atoms with van der Waals surface area (Å²) in [7, 11) is 0. The van der Waals surface area contributed by atoms with E-state index in [4.69, 9.17) is 47.0 Å². The molecular formula is C17H23Cl3N4O3S. The van der Waals surface area contributed by atoms with Gasteiger partial charge in [-0.15, -0.1) is 0 Å². The number of hydrogen-bond acceptors (Lipinski definition) is 4. The Kier molecular flexibility index (Phi) is 10.8. The summed E-state index contributed by atoms with van der Waals surface area (Å²) in [4.78, 5) is 22.3. The van der Waals surface area contributed by atoms with Crippen molar-refractivity contribution in [3.63, 3.8) is 0 Å². The summed E-state index contributed by atoms with van der Waals surface area (Å²) in [6.45, 7) is 2.12. The molecule has 0 bridgehead atoms. The topological polar surface area (TPSA) is 96.3 Å². The molecule has 0 aliphatic rings. The zero-order valence-electron chi connectivity index (χ0n) is 15.3. The molecule has 1 atom stereocenters. The van der Waals surface area contributed by atoms with Crippen molar-refractivity contribution in [2.45, 2.75) is 55.4 Å². The molecule has 0 fully saturated rings. The summed E-state index contributed by atoms with van der Waals surface area (Å²) >= 11 is 23.0. The third kappa shape index (κ3) is 9.73. The van der Waals surface area contributed by atoms with Crippen LogP contribution in [0.5, 0.6) is 0 Å². The normalized spacial score (nSPS) is 12.1. The number of alkyl halides is 3. The van der Waals surface area contributed by atoms with Gasteiger partial charge in [-0.1, -0.05) is 67.4 Å². The van der Waals surface area contributed by atoms with Gasteiger partial charge in [0, 0.05) is 24.2 Å². The number of nitro benzene ring substituents is 1. The highest BCUT2D eigenvalue weighted by Gasteiger charge is 2.34. The lowest BCUT2D eigenvalue weighted by molar-refractivity contribution is -0.384. The smallest absolute Gasteiger partial charge is 0.269 e. The van der Waals surface area contributed by atoms with Gasteiger partial charge in [-0.3, -0.25) is 14.9 Å². The number of benzene rings is 1. The van der Waals surface area contributed by atoms with Crippen molar-refractivity contribution < 1.29 is 9.72 Å². The molecule has 1 rings (SSSR count). The minimum atomic E-state index is -1.83. The molecule has 1 amide bonds. The number of hydrogen-bond donors (Lipinski definition) is 3. The summed E-state index contributed by atoms with van der Waals surface area (Å²) in [6.07, 6.45) is 4.35. The fourth-order valence-corrected chi connectivity index (χ4v) is 2.85. The molecule has 0 aromatic heterocycles. The van der Waals surface area contributed by atoms with Crippen LogP contribution in [0.4, 0.5) is 11.4 Å². The second-order valence-corrected chi connectivity index (χ2v) is 8.89. The first kappa shape index (κ1) is 24.7. The molecule has 1 aromatic rings. The Morgan fingerprint density at radius 3 is 2.29 bits per heavy atom. The van der Waals surface area contributed by atoms with Crippen molar-refractivity contribution in [2.75, 3.05) is 5.32 Å². The number of anilines is 1. The highest BCUT2D eigenvalue weighted by molar-refractivity contribution is 7.80. The van der Waals surface area contributed by atoms with Crippen molar-refractivity contribution >= 4 is 69.4 Å². The fourth-order valence-electron chi connectivity index (χ4n) is 2.29. The second kappa shape index (κ2) is 12.3. The molecule has 0 saturated carbocycles. The van der Waals surface area contributed by atoms with E-state index in [1.807, 2.05) is 0 Å². The molecule has 0 radical (unpaired) electrons. The van der Waals surface area contributed by atoms with E-state index in [9.17, 15) is 14.9 Å². The first-order chi connectivity index (χ1) is 13.1. The second-order valence-electron chi connectivity index (χ2n) is 6.11. The van der Waals surface area contributed by atoms with Crippen LogP contribution in [0.25, 0.3) is 0 Å². The Bertz CT molecular complexity index is 669. The molecule has 0 spiro atoms. The standard InChI is InChI=1S/C17H23Cl3N4O3S/c1-2-3-4-5-6-7-14(25)22-15(17(18,19)20)23-16(28)21-12-8-10-13(11-9-12)24(26)27/h8-11,15H,2-7H2,1H3,(H,22,25)(H2,21,23,28). The lowest BCUT2D eigenvalue weighted by Gasteiger charge is -2.27. The number of nitro groups is 1. The van der Waals surface area contributed by atoms with Gasteiger partial charge in [0.2, 0.25) is 9.70 Å². The number of carbonyl (C=O) groups is 1. The van der Waals surface area contributed by atoms with Crippen molar-refractivity contribution in [3.8, 4) is 0 Å². The highest BCUT2D eigenvalue weighted by atomic mass is 35.6. The number of nitrogens with zero attached hydrogens (tertiary/aromatic N) is 1. The summed E-state index contributed by atoms with van der Waals surface area (Å²) in [5, 5.41) is 19.0. The molecule has 1 unspecified atom stereocenters. The summed E-state index contributed by atoms with van der Waals surface area (Å²) in [6, 6.07) is 5.64. The first-order valence-corrected chi connectivity index (χ1v) is 10.4. The van der Waals surface area contributed by atoms with Crippen LogP contribution in [-0.2, 0) is 4.79 Å². The Morgan fingerprint density at radius 2 is 1.75 bits per heavy atom. The molecule has 3 N–H and O–H groups in total. The van der Waals surface area contributed by atoms with Crippen LogP contribution in [0.1, 0.15) is 45.4 Å². The molecule has 0 heterocycles. The van der Waals surface area contributed by atoms with Gasteiger partial charge in [-0.2, -0.15) is 0 Å². The summed E-state index contributed by atoms with van der Waals surface area (Å²) in [5.74, 6) is -0.251. The Labute approximate surface area is 184 Å². The molecule has 11 heteroatoms. The maximum absolute atomic E-state index is 12.1. The SMILES string of the molecule is CCCCCCCC(=O)NC(NC(=S)Nc1ccc([N+](=O)[O-])cc1)C(Cl)(Cl)Cl. The van der Waals surface area contributed by atoms with Gasteiger partial charge in [0.1, 0.15) is 6.17 Å². The fraction of sp³-hybridized carbons (Fsp3) is 0.529. The van der Waals surface area contributed by atoms with Gasteiger partial charge < -0.3 is 16.0 Å². The van der Waals surface area contributed by atoms with Crippen molar-refractivity contribution in [1.29, 1.82) is 0 Å². The number of halogens is 3. The molecule has 156 valence electrons. The molecular weight excluding hydrogens is 447 g/mol. The van der Waals surface area contributed by atoms with E-state index in [1.165, 1.54) is 24.3 Å². The van der Waals surface area contributed by atoms with Crippen LogP contribution in [0.3, 0.4) is 0 Å². The maximum Gasteiger partial charge on any atom is 0.269 e. The van der Waals surface area contributed by atoms with Crippen molar-refractivity contribution in [3.05, 3.63) is 34.4 Å². The van der Waals surface area contributed by atoms with Gasteiger partial charge in [-0.05, 0) is 30.8 Å². The van der Waals surface area contributed by atoms with Crippen LogP contribution in [0, 0.1) is 10.1 Å². The van der Waals surface area contributed by atoms with Crippen LogP contribution < -0.4 is 16.0 Å². The van der Waals surface area contributed by atoms with Crippen LogP contribution in [-0.4, -0.2) is 25.9 Å². The number of thiocarbonyl (C=S) groups is 1. The number of non-ortho nitro benzene ring substituents is 1. The molecule has 0 aliphatic heterocycles. The lowest BCUT2D eigenvalue weighted by Crippen LogP contribution is -2.56. The highest BCUT2D eigenvalue weighted by Crippen LogP contribution is 2.29. The van der Waals surface area contributed by atoms with E-state index in [2.05, 4.69) is 22.9 Å². The van der Waals surface area contributed by atoms with E-state index in [0.29, 0.717) is 12.1 Å². The third-order valence-electron chi connectivity index (χ3n) is 3.75. The van der Waals surface area contributed by atoms with Gasteiger partial charge >= 0.3 is 0 Å². The molecule has 28 heavy (non-hydrogen) atoms. The molecule has 0 aliphatic carbocycles. The zero-order valence-corrected chi connectivity index (χ0v) is 18.4. The Hall–Kier alpha value is -1.35. The van der Waals surface area contributed by atoms with Gasteiger partial charge in [-0.25, -0.2) is 0 Å². The Morgan fingerprint density at radius 1 is 1.14 bits per heavy atom. The number of amides is 1. The van der Waals surface area contributed by atoms with E-state index in [0.717, 1.165) is 32.1 Å². The van der Waals surface area contributed by atoms with Gasteiger partial charge in [0.05, 0.1) is 4.92 Å². The summed E-state index contributed by atoms with van der Waals surface area (Å²) < 4.78 is -1.83. The average Bonchev–Trinajstić information content (AvgIpc) is 2.60. The largest absolute Gasteiger partial charge is 0.339 e. The zero-order chi connectivity index (χ0) is 21.2. The Balaban J connectivity index is 2.57. The third-order valence-corrected chi connectivity index (χ3v) is 4.63. The van der Waals surface area contributed by atoms with Crippen molar-refractivity contribution in [2.24, 2.45) is 0 Å². The number of carbonyl (C=O) groups excluding carboxylic acids is 1. The minimum absolute atomic E-state index is 0.0465. The number of nitrogens with one attached hydrogen (secondary N) is 3. The van der Waals surface area contributed by atoms with E-state index >= 15 is 0 Å². The van der Waals surface area contributed by atoms with Crippen molar-refractivity contribution in [1.82, 2.24) is 10.6 Å². The predicted molar refractivity (Wildman–Crippen MR) is 118 cm³/mol. The van der Waals surface area contributed by atoms with Crippen LogP contribution in [0.15, 0.2) is 24.3 Å². The number of rotatable bonds is 10. The lowest BCUT2D eigenvalue weighted by atomic mass is 10.1. The molecule has 0 saturated heterocycles. The average molecular weight is 470 g/mol.